The molecule has 0 unspecified atom stereocenters. The fourth-order valence-electron chi connectivity index (χ4n) is 2.43. The zero-order valence-corrected chi connectivity index (χ0v) is 16.7. The van der Waals surface area contributed by atoms with E-state index in [2.05, 4.69) is 5.10 Å². The smallest absolute Gasteiger partial charge is 0.326 e. The van der Waals surface area contributed by atoms with Crippen LogP contribution in [0.25, 0.3) is 5.69 Å². The van der Waals surface area contributed by atoms with Gasteiger partial charge in [0, 0.05) is 19.3 Å². The first-order valence-corrected chi connectivity index (χ1v) is 8.92. The minimum absolute atomic E-state index is 0.109. The van der Waals surface area contributed by atoms with Crippen LogP contribution in [0.4, 0.5) is 0 Å². The predicted octanol–water partition coefficient (Wildman–Crippen LogP) is 2.22. The molecule has 1 aromatic carbocycles. The normalized spacial score (nSPS) is 11.5. The molecule has 0 saturated heterocycles. The number of amides is 1. The molecule has 0 aliphatic heterocycles. The van der Waals surface area contributed by atoms with Crippen LogP contribution in [0.3, 0.4) is 0 Å². The minimum Gasteiger partial charge on any atom is -0.459 e. The Balaban J connectivity index is 2.15. The van der Waals surface area contributed by atoms with Crippen LogP contribution in [0.1, 0.15) is 31.3 Å². The van der Waals surface area contributed by atoms with E-state index >= 15 is 0 Å². The number of carbonyl (C=O) groups is 2. The van der Waals surface area contributed by atoms with Crippen molar-refractivity contribution in [3.8, 4) is 5.69 Å². The molecule has 7 heteroatoms. The molecule has 0 fully saturated rings. The Morgan fingerprint density at radius 2 is 1.74 bits per heavy atom. The molecule has 1 heterocycles. The molecule has 1 aromatic heterocycles. The maximum atomic E-state index is 12.9. The van der Waals surface area contributed by atoms with E-state index in [1.54, 1.807) is 37.7 Å². The average Bonchev–Trinajstić information content (AvgIpc) is 3.07. The summed E-state index contributed by atoms with van der Waals surface area (Å²) < 4.78 is 7.01. The SMILES string of the molecule is CN(C)CCN(CC(=O)OC(C)(C)C)C(=O)c1ccn(-c2ccccc2)n1. The molecule has 0 bridgehead atoms. The lowest BCUT2D eigenvalue weighted by atomic mass is 10.2. The number of hydrogen-bond donors (Lipinski definition) is 0. The monoisotopic (exact) mass is 372 g/mol. The van der Waals surface area contributed by atoms with Crippen molar-refractivity contribution in [3.05, 3.63) is 48.3 Å². The number of aromatic nitrogens is 2. The third kappa shape index (κ3) is 6.53. The number of para-hydroxylation sites is 1. The van der Waals surface area contributed by atoms with Crippen LogP contribution in [0.2, 0.25) is 0 Å². The van der Waals surface area contributed by atoms with Gasteiger partial charge < -0.3 is 14.5 Å². The molecule has 0 atom stereocenters. The number of esters is 1. The second-order valence-corrected chi connectivity index (χ2v) is 7.60. The fraction of sp³-hybridized carbons (Fsp3) is 0.450. The molecule has 146 valence electrons. The van der Waals surface area contributed by atoms with Crippen molar-refractivity contribution < 1.29 is 14.3 Å². The van der Waals surface area contributed by atoms with Crippen molar-refractivity contribution in [3.63, 3.8) is 0 Å². The highest BCUT2D eigenvalue weighted by Gasteiger charge is 2.24. The van der Waals surface area contributed by atoms with Crippen LogP contribution in [-0.4, -0.2) is 70.8 Å². The first kappa shape index (κ1) is 20.6. The number of benzene rings is 1. The van der Waals surface area contributed by atoms with Gasteiger partial charge in [0.25, 0.3) is 5.91 Å². The first-order valence-electron chi connectivity index (χ1n) is 8.92. The zero-order valence-electron chi connectivity index (χ0n) is 16.7. The van der Waals surface area contributed by atoms with Gasteiger partial charge in [-0.1, -0.05) is 18.2 Å². The highest BCUT2D eigenvalue weighted by Crippen LogP contribution is 2.11. The van der Waals surface area contributed by atoms with Crippen LogP contribution < -0.4 is 0 Å². The van der Waals surface area contributed by atoms with E-state index in [1.807, 2.05) is 49.3 Å². The van der Waals surface area contributed by atoms with E-state index in [-0.39, 0.29) is 12.5 Å². The second-order valence-electron chi connectivity index (χ2n) is 7.60. The number of nitrogens with zero attached hydrogens (tertiary/aromatic N) is 4. The summed E-state index contributed by atoms with van der Waals surface area (Å²) in [6, 6.07) is 11.2. The molecule has 27 heavy (non-hydrogen) atoms. The predicted molar refractivity (Wildman–Crippen MR) is 104 cm³/mol. The molecule has 2 aromatic rings. The second kappa shape index (κ2) is 8.81. The van der Waals surface area contributed by atoms with E-state index in [0.717, 1.165) is 5.69 Å². The number of hydrogen-bond acceptors (Lipinski definition) is 5. The van der Waals surface area contributed by atoms with E-state index in [0.29, 0.717) is 18.8 Å². The van der Waals surface area contributed by atoms with Crippen LogP contribution in [-0.2, 0) is 9.53 Å². The lowest BCUT2D eigenvalue weighted by Gasteiger charge is -2.25. The maximum absolute atomic E-state index is 12.9. The van der Waals surface area contributed by atoms with Gasteiger partial charge in [-0.25, -0.2) is 4.68 Å². The third-order valence-electron chi connectivity index (χ3n) is 3.67. The van der Waals surface area contributed by atoms with Crippen LogP contribution in [0.15, 0.2) is 42.6 Å². The molecule has 0 saturated carbocycles. The van der Waals surface area contributed by atoms with Gasteiger partial charge in [0.2, 0.25) is 0 Å². The van der Waals surface area contributed by atoms with Gasteiger partial charge in [0.15, 0.2) is 5.69 Å². The summed E-state index contributed by atoms with van der Waals surface area (Å²) in [5.41, 5.74) is 0.562. The average molecular weight is 372 g/mol. The maximum Gasteiger partial charge on any atom is 0.326 e. The van der Waals surface area contributed by atoms with Crippen LogP contribution in [0.5, 0.6) is 0 Å². The van der Waals surface area contributed by atoms with Crippen molar-refractivity contribution in [1.82, 2.24) is 19.6 Å². The number of rotatable bonds is 7. The van der Waals surface area contributed by atoms with Crippen molar-refractivity contribution in [2.75, 3.05) is 33.7 Å². The molecule has 0 radical (unpaired) electrons. The van der Waals surface area contributed by atoms with E-state index in [4.69, 9.17) is 4.74 Å². The summed E-state index contributed by atoms with van der Waals surface area (Å²) >= 11 is 0. The van der Waals surface area contributed by atoms with Crippen molar-refractivity contribution in [2.24, 2.45) is 0 Å². The molecular formula is C20H28N4O3. The lowest BCUT2D eigenvalue weighted by molar-refractivity contribution is -0.155. The minimum atomic E-state index is -0.595. The Kier molecular flexibility index (Phi) is 6.74. The van der Waals surface area contributed by atoms with Crippen LogP contribution >= 0.6 is 0 Å². The summed E-state index contributed by atoms with van der Waals surface area (Å²) in [7, 11) is 3.83. The highest BCUT2D eigenvalue weighted by molar-refractivity contribution is 5.94. The summed E-state index contributed by atoms with van der Waals surface area (Å²) in [4.78, 5) is 28.6. The molecule has 0 aliphatic carbocycles. The largest absolute Gasteiger partial charge is 0.459 e. The van der Waals surface area contributed by atoms with Gasteiger partial charge >= 0.3 is 5.97 Å². The molecule has 7 nitrogen and oxygen atoms in total. The van der Waals surface area contributed by atoms with Gasteiger partial charge in [-0.15, -0.1) is 0 Å². The van der Waals surface area contributed by atoms with Gasteiger partial charge in [0.1, 0.15) is 12.1 Å². The summed E-state index contributed by atoms with van der Waals surface area (Å²) in [6.07, 6.45) is 1.74. The van der Waals surface area contributed by atoms with Crippen molar-refractivity contribution in [1.29, 1.82) is 0 Å². The van der Waals surface area contributed by atoms with Gasteiger partial charge in [-0.05, 0) is 53.1 Å². The molecule has 1 amide bonds. The molecular weight excluding hydrogens is 344 g/mol. The van der Waals surface area contributed by atoms with E-state index in [9.17, 15) is 9.59 Å². The van der Waals surface area contributed by atoms with E-state index < -0.39 is 11.6 Å². The Bertz CT molecular complexity index is 763. The fourth-order valence-corrected chi connectivity index (χ4v) is 2.43. The summed E-state index contributed by atoms with van der Waals surface area (Å²) in [5.74, 6) is -0.727. The van der Waals surface area contributed by atoms with Gasteiger partial charge in [-0.3, -0.25) is 9.59 Å². The van der Waals surface area contributed by atoms with Crippen molar-refractivity contribution >= 4 is 11.9 Å². The topological polar surface area (TPSA) is 67.7 Å². The summed E-state index contributed by atoms with van der Waals surface area (Å²) in [5, 5.41) is 4.37. The third-order valence-corrected chi connectivity index (χ3v) is 3.67. The molecule has 2 rings (SSSR count). The van der Waals surface area contributed by atoms with Gasteiger partial charge in [-0.2, -0.15) is 5.10 Å². The quantitative estimate of drug-likeness (QED) is 0.697. The summed E-state index contributed by atoms with van der Waals surface area (Å²) in [6.45, 7) is 6.34. The Hall–Kier alpha value is -2.67. The van der Waals surface area contributed by atoms with Crippen molar-refractivity contribution in [2.45, 2.75) is 26.4 Å². The number of ether oxygens (including phenoxy) is 1. The number of carbonyl (C=O) groups excluding carboxylic acids is 2. The highest BCUT2D eigenvalue weighted by atomic mass is 16.6. The zero-order chi connectivity index (χ0) is 20.0. The first-order chi connectivity index (χ1) is 12.7. The molecule has 0 aliphatic rings. The Labute approximate surface area is 160 Å². The molecule has 0 spiro atoms. The standard InChI is InChI=1S/C20H28N4O3/c1-20(2,3)27-18(25)15-23(14-13-22(4)5)19(26)17-11-12-24(21-17)16-9-7-6-8-10-16/h6-12H,13-15H2,1-5H3. The molecule has 0 N–H and O–H groups in total. The van der Waals surface area contributed by atoms with Gasteiger partial charge in [0.05, 0.1) is 5.69 Å². The Morgan fingerprint density at radius 1 is 1.07 bits per heavy atom. The van der Waals surface area contributed by atoms with Crippen LogP contribution in [0, 0.1) is 0 Å². The number of likely N-dealkylation sites (N-methyl/N-ethyl adjacent to an activating group) is 1. The van der Waals surface area contributed by atoms with E-state index in [1.165, 1.54) is 4.90 Å². The Morgan fingerprint density at radius 3 is 2.33 bits per heavy atom. The lowest BCUT2D eigenvalue weighted by Crippen LogP contribution is -2.42.